The normalized spacial score (nSPS) is 14.0. The number of nitrogens with zero attached hydrogens (tertiary/aromatic N) is 5. The van der Waals surface area contributed by atoms with Crippen LogP contribution in [0.15, 0.2) is 48.7 Å². The minimum absolute atomic E-state index is 0.221. The molecule has 1 aliphatic rings. The summed E-state index contributed by atoms with van der Waals surface area (Å²) < 4.78 is 18.6. The Bertz CT molecular complexity index is 973. The summed E-state index contributed by atoms with van der Waals surface area (Å²) >= 11 is 0. The zero-order valence-corrected chi connectivity index (χ0v) is 16.5. The lowest BCUT2D eigenvalue weighted by Crippen LogP contribution is -2.47. The van der Waals surface area contributed by atoms with Crippen molar-refractivity contribution in [3.05, 3.63) is 60.0 Å². The number of aromatic nitrogens is 3. The van der Waals surface area contributed by atoms with Crippen molar-refractivity contribution in [1.82, 2.24) is 15.2 Å². The van der Waals surface area contributed by atoms with Crippen molar-refractivity contribution in [2.45, 2.75) is 6.92 Å². The summed E-state index contributed by atoms with van der Waals surface area (Å²) in [7, 11) is 1.64. The molecule has 0 radical (unpaired) electrons. The van der Waals surface area contributed by atoms with Gasteiger partial charge < -0.3 is 19.9 Å². The molecular weight excluding hydrogens is 371 g/mol. The third kappa shape index (κ3) is 4.37. The van der Waals surface area contributed by atoms with E-state index >= 15 is 0 Å². The molecule has 2 heterocycles. The van der Waals surface area contributed by atoms with Crippen molar-refractivity contribution in [3.63, 3.8) is 0 Å². The van der Waals surface area contributed by atoms with E-state index < -0.39 is 0 Å². The molecule has 3 aromatic rings. The minimum Gasteiger partial charge on any atom is -0.495 e. The topological polar surface area (TPSA) is 66.4 Å². The summed E-state index contributed by atoms with van der Waals surface area (Å²) in [6.07, 6.45) is 1.60. The highest BCUT2D eigenvalue weighted by Crippen LogP contribution is 2.28. The molecule has 4 rings (SSSR count). The van der Waals surface area contributed by atoms with Crippen LogP contribution in [0, 0.1) is 12.7 Å². The highest BCUT2D eigenvalue weighted by atomic mass is 19.1. The molecule has 0 unspecified atom stereocenters. The quantitative estimate of drug-likeness (QED) is 0.711. The summed E-state index contributed by atoms with van der Waals surface area (Å²) in [6.45, 7) is 5.15. The first-order valence-electron chi connectivity index (χ1n) is 9.49. The maximum atomic E-state index is 13.1. The molecule has 0 spiro atoms. The van der Waals surface area contributed by atoms with Gasteiger partial charge in [-0.05, 0) is 48.9 Å². The zero-order chi connectivity index (χ0) is 20.2. The van der Waals surface area contributed by atoms with Crippen LogP contribution in [0.1, 0.15) is 5.56 Å². The Morgan fingerprint density at radius 2 is 1.72 bits per heavy atom. The third-order valence-electron chi connectivity index (χ3n) is 4.92. The van der Waals surface area contributed by atoms with Gasteiger partial charge in [0.25, 0.3) is 0 Å². The largest absolute Gasteiger partial charge is 0.495 e. The van der Waals surface area contributed by atoms with Gasteiger partial charge in [-0.15, -0.1) is 5.10 Å². The number of hydrogen-bond acceptors (Lipinski definition) is 7. The Balaban J connectivity index is 1.44. The number of rotatable bonds is 5. The van der Waals surface area contributed by atoms with Gasteiger partial charge in [0, 0.05) is 31.9 Å². The minimum atomic E-state index is -0.221. The van der Waals surface area contributed by atoms with Crippen LogP contribution >= 0.6 is 0 Å². The number of ether oxygens (including phenoxy) is 1. The highest BCUT2D eigenvalue weighted by molar-refractivity contribution is 5.65. The predicted octanol–water partition coefficient (Wildman–Crippen LogP) is 3.40. The first-order chi connectivity index (χ1) is 14.1. The van der Waals surface area contributed by atoms with Crippen molar-refractivity contribution in [2.75, 3.05) is 48.4 Å². The second-order valence-electron chi connectivity index (χ2n) is 6.92. The van der Waals surface area contributed by atoms with Crippen LogP contribution in [0.5, 0.6) is 5.75 Å². The Kier molecular flexibility index (Phi) is 5.41. The van der Waals surface area contributed by atoms with Gasteiger partial charge in [0.05, 0.1) is 19.0 Å². The number of benzene rings is 2. The van der Waals surface area contributed by atoms with E-state index in [1.807, 2.05) is 37.3 Å². The molecule has 8 heteroatoms. The van der Waals surface area contributed by atoms with Crippen LogP contribution in [0.2, 0.25) is 0 Å². The number of piperazine rings is 1. The molecule has 1 aliphatic heterocycles. The lowest BCUT2D eigenvalue weighted by atomic mass is 10.2. The fraction of sp³-hybridized carbons (Fsp3) is 0.286. The average Bonchev–Trinajstić information content (AvgIpc) is 2.75. The van der Waals surface area contributed by atoms with Gasteiger partial charge in [0.15, 0.2) is 5.82 Å². The van der Waals surface area contributed by atoms with E-state index in [0.717, 1.165) is 48.9 Å². The van der Waals surface area contributed by atoms with Crippen LogP contribution in [0.3, 0.4) is 0 Å². The average molecular weight is 394 g/mol. The number of anilines is 4. The smallest absolute Gasteiger partial charge is 0.247 e. The SMILES string of the molecule is COc1ccc(C)cc1Nc1cnnc(N2CCN(c3ccc(F)cc3)CC2)n1. The van der Waals surface area contributed by atoms with Gasteiger partial charge in [-0.1, -0.05) is 6.07 Å². The molecular formula is C21H23FN6O. The number of aryl methyl sites for hydroxylation is 1. The standard InChI is InChI=1S/C21H23FN6O/c1-15-3-8-19(29-2)18(13-15)24-20-14-23-26-21(25-20)28-11-9-27(10-12-28)17-6-4-16(22)5-7-17/h3-8,13-14H,9-12H2,1-2H3,(H,24,25,26). The van der Waals surface area contributed by atoms with Gasteiger partial charge in [0.2, 0.25) is 5.95 Å². The molecule has 0 aliphatic carbocycles. The summed E-state index contributed by atoms with van der Waals surface area (Å²) in [5.74, 6) is 1.71. The summed E-state index contributed by atoms with van der Waals surface area (Å²) in [6, 6.07) is 12.5. The van der Waals surface area contributed by atoms with Crippen molar-refractivity contribution < 1.29 is 9.13 Å². The van der Waals surface area contributed by atoms with E-state index in [1.165, 1.54) is 12.1 Å². The van der Waals surface area contributed by atoms with E-state index in [0.29, 0.717) is 11.8 Å². The molecule has 0 bridgehead atoms. The van der Waals surface area contributed by atoms with Crippen LogP contribution in [-0.4, -0.2) is 48.5 Å². The third-order valence-corrected chi connectivity index (χ3v) is 4.92. The Morgan fingerprint density at radius 1 is 1.00 bits per heavy atom. The molecule has 1 fully saturated rings. The van der Waals surface area contributed by atoms with Crippen molar-refractivity contribution in [3.8, 4) is 5.75 Å². The summed E-state index contributed by atoms with van der Waals surface area (Å²) in [5.41, 5.74) is 2.97. The Morgan fingerprint density at radius 3 is 2.45 bits per heavy atom. The Labute approximate surface area is 169 Å². The van der Waals surface area contributed by atoms with Crippen LogP contribution in [0.4, 0.5) is 27.5 Å². The number of hydrogen-bond donors (Lipinski definition) is 1. The molecule has 29 heavy (non-hydrogen) atoms. The van der Waals surface area contributed by atoms with Crippen LogP contribution < -0.4 is 19.9 Å². The van der Waals surface area contributed by atoms with Crippen molar-refractivity contribution in [1.29, 1.82) is 0 Å². The first-order valence-corrected chi connectivity index (χ1v) is 9.49. The predicted molar refractivity (Wildman–Crippen MR) is 112 cm³/mol. The van der Waals surface area contributed by atoms with Crippen LogP contribution in [0.25, 0.3) is 0 Å². The lowest BCUT2D eigenvalue weighted by molar-refractivity contribution is 0.416. The zero-order valence-electron chi connectivity index (χ0n) is 16.5. The van der Waals surface area contributed by atoms with Crippen LogP contribution in [-0.2, 0) is 0 Å². The van der Waals surface area contributed by atoms with Crippen molar-refractivity contribution >= 4 is 23.1 Å². The number of halogens is 1. The van der Waals surface area contributed by atoms with E-state index in [4.69, 9.17) is 4.74 Å². The summed E-state index contributed by atoms with van der Waals surface area (Å²) in [5, 5.41) is 11.6. The molecule has 0 amide bonds. The molecule has 150 valence electrons. The van der Waals surface area contributed by atoms with Gasteiger partial charge in [-0.25, -0.2) is 4.39 Å². The van der Waals surface area contributed by atoms with E-state index in [9.17, 15) is 4.39 Å². The fourth-order valence-corrected chi connectivity index (χ4v) is 3.36. The van der Waals surface area contributed by atoms with Gasteiger partial charge in [0.1, 0.15) is 11.6 Å². The molecule has 0 saturated carbocycles. The molecule has 2 aromatic carbocycles. The second kappa shape index (κ2) is 8.30. The van der Waals surface area contributed by atoms with Gasteiger partial charge in [-0.2, -0.15) is 10.1 Å². The second-order valence-corrected chi connectivity index (χ2v) is 6.92. The maximum Gasteiger partial charge on any atom is 0.247 e. The molecule has 1 aromatic heterocycles. The van der Waals surface area contributed by atoms with E-state index in [2.05, 4.69) is 30.3 Å². The van der Waals surface area contributed by atoms with Gasteiger partial charge in [-0.3, -0.25) is 0 Å². The molecule has 0 atom stereocenters. The maximum absolute atomic E-state index is 13.1. The fourth-order valence-electron chi connectivity index (χ4n) is 3.36. The molecule has 1 saturated heterocycles. The molecule has 7 nitrogen and oxygen atoms in total. The monoisotopic (exact) mass is 394 g/mol. The van der Waals surface area contributed by atoms with E-state index in [1.54, 1.807) is 13.3 Å². The number of nitrogens with one attached hydrogen (secondary N) is 1. The Hall–Kier alpha value is -3.42. The lowest BCUT2D eigenvalue weighted by Gasteiger charge is -2.35. The summed E-state index contributed by atoms with van der Waals surface area (Å²) in [4.78, 5) is 8.95. The molecule has 1 N–H and O–H groups in total. The first kappa shape index (κ1) is 18.9. The number of methoxy groups -OCH3 is 1. The van der Waals surface area contributed by atoms with Crippen molar-refractivity contribution in [2.24, 2.45) is 0 Å². The van der Waals surface area contributed by atoms with Gasteiger partial charge >= 0.3 is 0 Å². The van der Waals surface area contributed by atoms with E-state index in [-0.39, 0.29) is 5.82 Å². The highest BCUT2D eigenvalue weighted by Gasteiger charge is 2.20.